The lowest BCUT2D eigenvalue weighted by Gasteiger charge is -2.02. The molecule has 2 saturated carbocycles. The summed E-state index contributed by atoms with van der Waals surface area (Å²) >= 11 is 0. The summed E-state index contributed by atoms with van der Waals surface area (Å²) in [6, 6.07) is 0. The molecule has 0 radical (unpaired) electrons. The van der Waals surface area contributed by atoms with E-state index >= 15 is 0 Å². The molecule has 0 aliphatic heterocycles. The van der Waals surface area contributed by atoms with E-state index in [2.05, 4.69) is 0 Å². The van der Waals surface area contributed by atoms with Crippen LogP contribution < -0.4 is 0 Å². The average Bonchev–Trinajstić information content (AvgIpc) is 2.92. The van der Waals surface area contributed by atoms with Crippen molar-refractivity contribution in [3.63, 3.8) is 0 Å². The fraction of sp³-hybridized carbons (Fsp3) is 0.929. The van der Waals surface area contributed by atoms with Crippen LogP contribution in [-0.4, -0.2) is 18.0 Å². The number of carbonyl (C=O) groups excluding carboxylic acids is 1. The van der Waals surface area contributed by atoms with Crippen molar-refractivity contribution in [1.82, 2.24) is 0 Å². The predicted molar refractivity (Wildman–Crippen MR) is 66.3 cm³/mol. The molecular weight excluding hydrogens is 200 g/mol. The van der Waals surface area contributed by atoms with Crippen LogP contribution in [0.15, 0.2) is 0 Å². The van der Waals surface area contributed by atoms with Gasteiger partial charge in [0, 0.05) is 13.0 Å². The van der Waals surface area contributed by atoms with Crippen LogP contribution in [0.1, 0.15) is 64.2 Å². The molecule has 2 aliphatic rings. The van der Waals surface area contributed by atoms with Crippen molar-refractivity contribution >= 4 is 6.29 Å². The van der Waals surface area contributed by atoms with Crippen LogP contribution in [0, 0.1) is 11.8 Å². The highest BCUT2D eigenvalue weighted by Crippen LogP contribution is 2.27. The summed E-state index contributed by atoms with van der Waals surface area (Å²) in [4.78, 5) is 9.96. The van der Waals surface area contributed by atoms with Gasteiger partial charge < -0.3 is 9.90 Å². The number of hydrogen-bond acceptors (Lipinski definition) is 2. The molecule has 0 aromatic heterocycles. The molecule has 0 aromatic rings. The number of aldehydes is 1. The number of hydrogen-bond donors (Lipinski definition) is 1. The molecule has 0 heterocycles. The van der Waals surface area contributed by atoms with Crippen molar-refractivity contribution in [2.45, 2.75) is 64.2 Å². The van der Waals surface area contributed by atoms with Gasteiger partial charge in [-0.25, -0.2) is 0 Å². The van der Waals surface area contributed by atoms with Crippen molar-refractivity contribution in [2.75, 3.05) is 6.61 Å². The molecule has 94 valence electrons. The lowest BCUT2D eigenvalue weighted by molar-refractivity contribution is -0.108. The van der Waals surface area contributed by atoms with E-state index in [0.717, 1.165) is 31.0 Å². The van der Waals surface area contributed by atoms with Crippen LogP contribution >= 0.6 is 0 Å². The molecule has 16 heavy (non-hydrogen) atoms. The zero-order valence-electron chi connectivity index (χ0n) is 10.4. The Bertz CT molecular complexity index is 168. The Hall–Kier alpha value is -0.370. The van der Waals surface area contributed by atoms with Gasteiger partial charge in [-0.3, -0.25) is 0 Å². The number of rotatable bonds is 4. The minimum absolute atomic E-state index is 0.394. The van der Waals surface area contributed by atoms with Crippen LogP contribution in [0.5, 0.6) is 0 Å². The third kappa shape index (κ3) is 5.64. The van der Waals surface area contributed by atoms with Gasteiger partial charge in [-0.1, -0.05) is 51.4 Å². The molecule has 2 rings (SSSR count). The summed E-state index contributed by atoms with van der Waals surface area (Å²) in [5.41, 5.74) is 0. The molecule has 0 atom stereocenters. The molecule has 0 unspecified atom stereocenters. The van der Waals surface area contributed by atoms with Crippen LogP contribution in [0.25, 0.3) is 0 Å². The first-order chi connectivity index (χ1) is 7.86. The summed E-state index contributed by atoms with van der Waals surface area (Å²) < 4.78 is 0. The topological polar surface area (TPSA) is 37.3 Å². The molecule has 2 heteroatoms. The lowest BCUT2D eigenvalue weighted by atomic mass is 10.1. The van der Waals surface area contributed by atoms with Crippen LogP contribution in [0.3, 0.4) is 0 Å². The summed E-state index contributed by atoms with van der Waals surface area (Å²) in [6.07, 6.45) is 13.7. The number of carbonyl (C=O) groups is 1. The number of aliphatic hydroxyl groups excluding tert-OH is 1. The molecular formula is C14H26O2. The summed E-state index contributed by atoms with van der Waals surface area (Å²) in [6.45, 7) is 0.394. The Morgan fingerprint density at radius 3 is 1.88 bits per heavy atom. The summed E-state index contributed by atoms with van der Waals surface area (Å²) in [7, 11) is 0. The SMILES string of the molecule is O=CCC1CCCC1.OCCC1CCCC1. The Morgan fingerprint density at radius 1 is 0.938 bits per heavy atom. The van der Waals surface area contributed by atoms with Crippen LogP contribution in [-0.2, 0) is 4.79 Å². The average molecular weight is 226 g/mol. The highest BCUT2D eigenvalue weighted by Gasteiger charge is 2.13. The molecule has 0 spiro atoms. The second-order valence-corrected chi connectivity index (χ2v) is 5.22. The van der Waals surface area contributed by atoms with E-state index in [1.165, 1.54) is 51.4 Å². The third-order valence-electron chi connectivity index (χ3n) is 3.92. The molecule has 1 N–H and O–H groups in total. The molecule has 2 aliphatic carbocycles. The molecule has 2 nitrogen and oxygen atoms in total. The summed E-state index contributed by atoms with van der Waals surface area (Å²) in [5.74, 6) is 1.60. The lowest BCUT2D eigenvalue weighted by Crippen LogP contribution is -1.95. The quantitative estimate of drug-likeness (QED) is 0.747. The van der Waals surface area contributed by atoms with Crippen molar-refractivity contribution in [3.8, 4) is 0 Å². The first kappa shape index (κ1) is 13.7. The first-order valence-corrected chi connectivity index (χ1v) is 6.91. The van der Waals surface area contributed by atoms with Gasteiger partial charge in [0.1, 0.15) is 6.29 Å². The third-order valence-corrected chi connectivity index (χ3v) is 3.92. The van der Waals surface area contributed by atoms with Crippen molar-refractivity contribution < 1.29 is 9.90 Å². The van der Waals surface area contributed by atoms with E-state index in [9.17, 15) is 4.79 Å². The van der Waals surface area contributed by atoms with Gasteiger partial charge in [0.2, 0.25) is 0 Å². The molecule has 0 amide bonds. The van der Waals surface area contributed by atoms with E-state index < -0.39 is 0 Å². The van der Waals surface area contributed by atoms with E-state index in [-0.39, 0.29) is 0 Å². The second kappa shape index (κ2) is 8.74. The minimum Gasteiger partial charge on any atom is -0.396 e. The Balaban J connectivity index is 0.000000160. The Morgan fingerprint density at radius 2 is 1.44 bits per heavy atom. The van der Waals surface area contributed by atoms with Gasteiger partial charge in [-0.15, -0.1) is 0 Å². The molecule has 0 saturated heterocycles. The standard InChI is InChI=1S/C7H14O.C7H12O/c2*8-6-5-7-3-1-2-4-7/h7-8H,1-6H2;6-7H,1-5H2. The fourth-order valence-electron chi connectivity index (χ4n) is 2.86. The van der Waals surface area contributed by atoms with Gasteiger partial charge in [-0.05, 0) is 18.3 Å². The Kier molecular flexibility index (Phi) is 7.48. The number of aliphatic hydroxyl groups is 1. The van der Waals surface area contributed by atoms with Crippen molar-refractivity contribution in [3.05, 3.63) is 0 Å². The normalized spacial score (nSPS) is 21.8. The van der Waals surface area contributed by atoms with E-state index in [1.807, 2.05) is 0 Å². The van der Waals surface area contributed by atoms with E-state index in [1.54, 1.807) is 0 Å². The monoisotopic (exact) mass is 226 g/mol. The zero-order valence-corrected chi connectivity index (χ0v) is 10.4. The molecule has 0 aromatic carbocycles. The maximum atomic E-state index is 9.96. The Labute approximate surface area is 99.4 Å². The maximum Gasteiger partial charge on any atom is 0.120 e. The predicted octanol–water partition coefficient (Wildman–Crippen LogP) is 3.32. The molecule has 2 fully saturated rings. The smallest absolute Gasteiger partial charge is 0.120 e. The summed E-state index contributed by atoms with van der Waals surface area (Å²) in [5, 5.41) is 8.53. The van der Waals surface area contributed by atoms with E-state index in [0.29, 0.717) is 6.61 Å². The van der Waals surface area contributed by atoms with Gasteiger partial charge >= 0.3 is 0 Å². The van der Waals surface area contributed by atoms with Crippen molar-refractivity contribution in [2.24, 2.45) is 11.8 Å². The highest BCUT2D eigenvalue weighted by atomic mass is 16.3. The second-order valence-electron chi connectivity index (χ2n) is 5.22. The van der Waals surface area contributed by atoms with Gasteiger partial charge in [0.25, 0.3) is 0 Å². The van der Waals surface area contributed by atoms with Crippen molar-refractivity contribution in [1.29, 1.82) is 0 Å². The van der Waals surface area contributed by atoms with Crippen LogP contribution in [0.2, 0.25) is 0 Å². The molecule has 0 bridgehead atoms. The first-order valence-electron chi connectivity index (χ1n) is 6.91. The minimum atomic E-state index is 0.394. The highest BCUT2D eigenvalue weighted by molar-refractivity contribution is 5.49. The van der Waals surface area contributed by atoms with Gasteiger partial charge in [0.15, 0.2) is 0 Å². The van der Waals surface area contributed by atoms with Gasteiger partial charge in [0.05, 0.1) is 0 Å². The van der Waals surface area contributed by atoms with Gasteiger partial charge in [-0.2, -0.15) is 0 Å². The van der Waals surface area contributed by atoms with E-state index in [4.69, 9.17) is 5.11 Å². The maximum absolute atomic E-state index is 9.96. The zero-order chi connectivity index (χ0) is 11.6. The fourth-order valence-corrected chi connectivity index (χ4v) is 2.86. The largest absolute Gasteiger partial charge is 0.396 e. The van der Waals surface area contributed by atoms with Crippen LogP contribution in [0.4, 0.5) is 0 Å².